The number of pyridine rings is 1. The zero-order chi connectivity index (χ0) is 11.7. The lowest BCUT2D eigenvalue weighted by Gasteiger charge is -2.15. The summed E-state index contributed by atoms with van der Waals surface area (Å²) >= 11 is 0. The van der Waals surface area contributed by atoms with Crippen molar-refractivity contribution in [1.29, 1.82) is 0 Å². The highest BCUT2D eigenvalue weighted by molar-refractivity contribution is 5.66. The molecule has 0 N–H and O–H groups in total. The Hall–Kier alpha value is -1.84. The van der Waals surface area contributed by atoms with Crippen molar-refractivity contribution in [2.24, 2.45) is 0 Å². The predicted molar refractivity (Wildman–Crippen MR) is 64.0 cm³/mol. The number of hydrogen-bond acceptors (Lipinski definition) is 3. The van der Waals surface area contributed by atoms with Gasteiger partial charge in [0.1, 0.15) is 17.9 Å². The minimum absolute atomic E-state index is 0.369. The standard InChI is InChI=1S/C12H15N3O/c1-9-13-10(7-8-16)11-5-4-6-12(14(2)3)15(9)11/h4-6,8H,7H2,1-3H3. The van der Waals surface area contributed by atoms with E-state index in [4.69, 9.17) is 0 Å². The molecule has 0 saturated carbocycles. The fraction of sp³-hybridized carbons (Fsp3) is 0.333. The Morgan fingerprint density at radius 2 is 2.19 bits per heavy atom. The van der Waals surface area contributed by atoms with E-state index in [9.17, 15) is 4.79 Å². The van der Waals surface area contributed by atoms with E-state index in [1.165, 1.54) is 0 Å². The number of aromatic nitrogens is 2. The van der Waals surface area contributed by atoms with Crippen molar-refractivity contribution >= 4 is 17.6 Å². The van der Waals surface area contributed by atoms with Gasteiger partial charge in [-0.1, -0.05) is 6.07 Å². The maximum atomic E-state index is 10.6. The van der Waals surface area contributed by atoms with Crippen LogP contribution in [-0.4, -0.2) is 29.8 Å². The molecule has 0 aromatic carbocycles. The third kappa shape index (κ3) is 1.56. The van der Waals surface area contributed by atoms with Gasteiger partial charge in [-0.15, -0.1) is 0 Å². The van der Waals surface area contributed by atoms with Crippen molar-refractivity contribution in [3.05, 3.63) is 29.7 Å². The number of aldehydes is 1. The summed E-state index contributed by atoms with van der Waals surface area (Å²) in [4.78, 5) is 17.0. The van der Waals surface area contributed by atoms with Crippen molar-refractivity contribution in [3.8, 4) is 0 Å². The minimum atomic E-state index is 0.369. The lowest BCUT2D eigenvalue weighted by atomic mass is 10.2. The molecule has 2 aromatic heterocycles. The third-order valence-corrected chi connectivity index (χ3v) is 2.62. The van der Waals surface area contributed by atoms with Crippen molar-refractivity contribution in [1.82, 2.24) is 9.38 Å². The van der Waals surface area contributed by atoms with Gasteiger partial charge in [0.05, 0.1) is 11.2 Å². The summed E-state index contributed by atoms with van der Waals surface area (Å²) < 4.78 is 2.07. The van der Waals surface area contributed by atoms with Gasteiger partial charge in [-0.3, -0.25) is 4.40 Å². The number of fused-ring (bicyclic) bond motifs is 1. The Balaban J connectivity index is 2.73. The van der Waals surface area contributed by atoms with Crippen molar-refractivity contribution < 1.29 is 4.79 Å². The lowest BCUT2D eigenvalue weighted by molar-refractivity contribution is -0.107. The van der Waals surface area contributed by atoms with E-state index in [0.717, 1.165) is 29.1 Å². The first-order valence-corrected chi connectivity index (χ1v) is 5.23. The van der Waals surface area contributed by atoms with Gasteiger partial charge in [-0.05, 0) is 19.1 Å². The zero-order valence-corrected chi connectivity index (χ0v) is 9.77. The minimum Gasteiger partial charge on any atom is -0.364 e. The molecule has 0 radical (unpaired) electrons. The van der Waals surface area contributed by atoms with Crippen LogP contribution in [0, 0.1) is 6.92 Å². The number of anilines is 1. The quantitative estimate of drug-likeness (QED) is 0.730. The van der Waals surface area contributed by atoms with Gasteiger partial charge in [0, 0.05) is 20.5 Å². The molecule has 0 fully saturated rings. The van der Waals surface area contributed by atoms with Crippen LogP contribution >= 0.6 is 0 Å². The molecule has 0 unspecified atom stereocenters. The maximum absolute atomic E-state index is 10.6. The van der Waals surface area contributed by atoms with Crippen molar-refractivity contribution in [2.45, 2.75) is 13.3 Å². The van der Waals surface area contributed by atoms with E-state index < -0.39 is 0 Å². The number of aryl methyl sites for hydroxylation is 1. The number of carbonyl (C=O) groups is 1. The Morgan fingerprint density at radius 3 is 2.81 bits per heavy atom. The smallest absolute Gasteiger partial charge is 0.126 e. The van der Waals surface area contributed by atoms with Crippen LogP contribution in [0.2, 0.25) is 0 Å². The van der Waals surface area contributed by atoms with Crippen molar-refractivity contribution in [2.75, 3.05) is 19.0 Å². The van der Waals surface area contributed by atoms with Gasteiger partial charge < -0.3 is 9.69 Å². The Labute approximate surface area is 94.5 Å². The van der Waals surface area contributed by atoms with Crippen LogP contribution in [0.1, 0.15) is 11.5 Å². The molecule has 0 amide bonds. The molecule has 4 nitrogen and oxygen atoms in total. The van der Waals surface area contributed by atoms with Crippen LogP contribution in [0.25, 0.3) is 5.52 Å². The summed E-state index contributed by atoms with van der Waals surface area (Å²) in [5.74, 6) is 1.98. The highest BCUT2D eigenvalue weighted by atomic mass is 16.1. The van der Waals surface area contributed by atoms with Gasteiger partial charge >= 0.3 is 0 Å². The zero-order valence-electron chi connectivity index (χ0n) is 9.77. The summed E-state index contributed by atoms with van der Waals surface area (Å²) in [5.41, 5.74) is 1.85. The predicted octanol–water partition coefficient (Wildman–Crippen LogP) is 1.45. The molecule has 16 heavy (non-hydrogen) atoms. The molecule has 0 spiro atoms. The van der Waals surface area contributed by atoms with Crippen LogP contribution in [0.4, 0.5) is 5.82 Å². The normalized spacial score (nSPS) is 10.7. The maximum Gasteiger partial charge on any atom is 0.126 e. The fourth-order valence-corrected chi connectivity index (χ4v) is 1.94. The third-order valence-electron chi connectivity index (χ3n) is 2.62. The summed E-state index contributed by atoms with van der Waals surface area (Å²) in [7, 11) is 3.99. The van der Waals surface area contributed by atoms with E-state index >= 15 is 0 Å². The Kier molecular flexibility index (Phi) is 2.64. The van der Waals surface area contributed by atoms with Gasteiger partial charge in [-0.25, -0.2) is 4.98 Å². The number of rotatable bonds is 3. The highest BCUT2D eigenvalue weighted by Gasteiger charge is 2.11. The fourth-order valence-electron chi connectivity index (χ4n) is 1.94. The molecule has 2 aromatic rings. The average Bonchev–Trinajstić information content (AvgIpc) is 2.57. The molecule has 0 saturated heterocycles. The summed E-state index contributed by atoms with van der Waals surface area (Å²) in [5, 5.41) is 0. The molecule has 4 heteroatoms. The molecular weight excluding hydrogens is 202 g/mol. The Bertz CT molecular complexity index is 528. The molecule has 0 bridgehead atoms. The number of imidazole rings is 1. The first-order chi connectivity index (χ1) is 7.65. The van der Waals surface area contributed by atoms with E-state index in [1.54, 1.807) is 0 Å². The lowest BCUT2D eigenvalue weighted by Crippen LogP contribution is -2.13. The molecule has 2 rings (SSSR count). The largest absolute Gasteiger partial charge is 0.364 e. The van der Waals surface area contributed by atoms with Crippen LogP contribution < -0.4 is 4.90 Å². The molecule has 0 aliphatic carbocycles. The molecule has 84 valence electrons. The molecule has 0 aliphatic heterocycles. The van der Waals surface area contributed by atoms with Gasteiger partial charge in [0.2, 0.25) is 0 Å². The molecule has 2 heterocycles. The van der Waals surface area contributed by atoms with Crippen molar-refractivity contribution in [3.63, 3.8) is 0 Å². The first-order valence-electron chi connectivity index (χ1n) is 5.23. The summed E-state index contributed by atoms with van der Waals surface area (Å²) in [6, 6.07) is 6.01. The summed E-state index contributed by atoms with van der Waals surface area (Å²) in [6.45, 7) is 1.95. The second-order valence-corrected chi connectivity index (χ2v) is 3.98. The SMILES string of the molecule is Cc1nc(CC=O)c2cccc(N(C)C)n12. The van der Waals surface area contributed by atoms with E-state index in [2.05, 4.69) is 9.38 Å². The van der Waals surface area contributed by atoms with E-state index in [1.807, 2.05) is 44.1 Å². The number of nitrogens with zero attached hydrogens (tertiary/aromatic N) is 3. The van der Waals surface area contributed by atoms with Crippen LogP contribution in [0.3, 0.4) is 0 Å². The number of hydrogen-bond donors (Lipinski definition) is 0. The average molecular weight is 217 g/mol. The van der Waals surface area contributed by atoms with Crippen LogP contribution in [0.5, 0.6) is 0 Å². The number of carbonyl (C=O) groups excluding carboxylic acids is 1. The van der Waals surface area contributed by atoms with E-state index in [-0.39, 0.29) is 0 Å². The van der Waals surface area contributed by atoms with Gasteiger partial charge in [0.15, 0.2) is 0 Å². The summed E-state index contributed by atoms with van der Waals surface area (Å²) in [6.07, 6.45) is 1.26. The highest BCUT2D eigenvalue weighted by Crippen LogP contribution is 2.20. The van der Waals surface area contributed by atoms with Crippen LogP contribution in [0.15, 0.2) is 18.2 Å². The Morgan fingerprint density at radius 1 is 1.44 bits per heavy atom. The first kappa shape index (κ1) is 10.7. The monoisotopic (exact) mass is 217 g/mol. The van der Waals surface area contributed by atoms with E-state index in [0.29, 0.717) is 6.42 Å². The molecule has 0 atom stereocenters. The second-order valence-electron chi connectivity index (χ2n) is 3.98. The van der Waals surface area contributed by atoms with Gasteiger partial charge in [-0.2, -0.15) is 0 Å². The topological polar surface area (TPSA) is 37.6 Å². The second kappa shape index (κ2) is 3.96. The van der Waals surface area contributed by atoms with Crippen LogP contribution in [-0.2, 0) is 11.2 Å². The molecule has 0 aliphatic rings. The molecular formula is C12H15N3O. The van der Waals surface area contributed by atoms with Gasteiger partial charge in [0.25, 0.3) is 0 Å².